The van der Waals surface area contributed by atoms with Crippen molar-refractivity contribution >= 4 is 75.4 Å². The fourth-order valence-corrected chi connectivity index (χ4v) is 5.45. The van der Waals surface area contributed by atoms with Gasteiger partial charge >= 0.3 is 0 Å². The van der Waals surface area contributed by atoms with E-state index in [4.69, 9.17) is 46.4 Å². The summed E-state index contributed by atoms with van der Waals surface area (Å²) in [7, 11) is 0. The molecule has 1 aliphatic rings. The normalized spacial score (nSPS) is 12.5. The molecule has 0 fully saturated rings. The van der Waals surface area contributed by atoms with E-state index in [1.807, 2.05) is 35.2 Å². The van der Waals surface area contributed by atoms with Crippen molar-refractivity contribution < 1.29 is 0 Å². The zero-order valence-electron chi connectivity index (χ0n) is 13.1. The van der Waals surface area contributed by atoms with Crippen LogP contribution >= 0.6 is 58.2 Å². The molecule has 0 bridgehead atoms. The second kappa shape index (κ2) is 7.37. The maximum atomic E-state index is 6.52. The number of fused-ring (bicyclic) bond motifs is 2. The first-order valence-electron chi connectivity index (χ1n) is 7.61. The molecule has 2 heterocycles. The number of benzene rings is 2. The van der Waals surface area contributed by atoms with Gasteiger partial charge in [0.05, 0.1) is 28.1 Å². The Hall–Kier alpha value is -1.30. The molecule has 132 valence electrons. The van der Waals surface area contributed by atoms with Crippen molar-refractivity contribution in [3.8, 4) is 0 Å². The molecule has 1 N–H and O–H groups in total. The first-order chi connectivity index (χ1) is 12.5. The number of hydrogen-bond donors (Lipinski definition) is 1. The van der Waals surface area contributed by atoms with Gasteiger partial charge in [0, 0.05) is 26.0 Å². The Kier molecular flexibility index (Phi) is 5.13. The topological polar surface area (TPSA) is 28.2 Å². The minimum atomic E-state index is 0.431. The Morgan fingerprint density at radius 1 is 0.885 bits per heavy atom. The quantitative estimate of drug-likeness (QED) is 0.458. The van der Waals surface area contributed by atoms with Gasteiger partial charge in [0.25, 0.3) is 0 Å². The van der Waals surface area contributed by atoms with Gasteiger partial charge in [-0.15, -0.1) is 0 Å². The van der Waals surface area contributed by atoms with Gasteiger partial charge in [0.2, 0.25) is 0 Å². The lowest BCUT2D eigenvalue weighted by molar-refractivity contribution is 0.979. The summed E-state index contributed by atoms with van der Waals surface area (Å²) in [5.74, 6) is 0.754. The van der Waals surface area contributed by atoms with Crippen LogP contribution in [-0.2, 0) is 0 Å². The number of pyridine rings is 1. The lowest BCUT2D eigenvalue weighted by Crippen LogP contribution is -2.28. The molecule has 3 aromatic rings. The van der Waals surface area contributed by atoms with Gasteiger partial charge in [-0.3, -0.25) is 0 Å². The van der Waals surface area contributed by atoms with E-state index >= 15 is 0 Å². The monoisotopic (exact) mass is 441 g/mol. The molecule has 8 heteroatoms. The molecular weight excluding hydrogens is 432 g/mol. The summed E-state index contributed by atoms with van der Waals surface area (Å²) >= 11 is 27.0. The summed E-state index contributed by atoms with van der Waals surface area (Å²) in [6.07, 6.45) is 1.73. The fourth-order valence-electron chi connectivity index (χ4n) is 2.78. The van der Waals surface area contributed by atoms with Gasteiger partial charge < -0.3 is 10.2 Å². The Balaban J connectivity index is 1.81. The average molecular weight is 443 g/mol. The zero-order chi connectivity index (χ0) is 18.3. The van der Waals surface area contributed by atoms with E-state index in [2.05, 4.69) is 10.3 Å². The predicted molar refractivity (Wildman–Crippen MR) is 112 cm³/mol. The van der Waals surface area contributed by atoms with Crippen LogP contribution in [0, 0.1) is 0 Å². The maximum Gasteiger partial charge on any atom is 0.127 e. The summed E-state index contributed by atoms with van der Waals surface area (Å²) < 4.78 is 0. The van der Waals surface area contributed by atoms with E-state index in [-0.39, 0.29) is 0 Å². The second-order valence-electron chi connectivity index (χ2n) is 5.55. The SMILES string of the molecule is Clc1cc(Cl)c2c(c1)Sc1cc(Cl)cc(Cl)c1N2CNc1ccccn1. The van der Waals surface area contributed by atoms with E-state index < -0.39 is 0 Å². The Bertz CT molecular complexity index is 924. The number of nitrogens with one attached hydrogen (secondary N) is 1. The van der Waals surface area contributed by atoms with Gasteiger partial charge in [-0.1, -0.05) is 64.2 Å². The minimum absolute atomic E-state index is 0.431. The molecule has 1 aromatic heterocycles. The van der Waals surface area contributed by atoms with Crippen molar-refractivity contribution in [2.24, 2.45) is 0 Å². The minimum Gasteiger partial charge on any atom is -0.352 e. The molecule has 0 atom stereocenters. The molecule has 4 rings (SSSR count). The molecule has 0 saturated carbocycles. The van der Waals surface area contributed by atoms with Gasteiger partial charge in [-0.2, -0.15) is 0 Å². The van der Waals surface area contributed by atoms with E-state index in [1.165, 1.54) is 0 Å². The lowest BCUT2D eigenvalue weighted by atomic mass is 10.2. The Morgan fingerprint density at radius 2 is 1.50 bits per heavy atom. The zero-order valence-corrected chi connectivity index (χ0v) is 17.0. The third-order valence-corrected chi connectivity index (χ3v) is 5.90. The van der Waals surface area contributed by atoms with Crippen LogP contribution in [0.2, 0.25) is 20.1 Å². The van der Waals surface area contributed by atoms with Crippen LogP contribution in [0.1, 0.15) is 0 Å². The van der Waals surface area contributed by atoms with Crippen molar-refractivity contribution in [2.75, 3.05) is 16.9 Å². The van der Waals surface area contributed by atoms with Crippen LogP contribution in [-0.4, -0.2) is 11.7 Å². The molecule has 0 unspecified atom stereocenters. The molecule has 26 heavy (non-hydrogen) atoms. The smallest absolute Gasteiger partial charge is 0.127 e. The molecular formula is C18H11Cl4N3S. The standard InChI is InChI=1S/C18H11Cl4N3S/c19-10-5-12(21)17-14(7-10)26-15-8-11(20)6-13(22)18(15)25(17)9-24-16-3-1-2-4-23-16/h1-8H,9H2,(H,23,24). The van der Waals surface area contributed by atoms with Crippen LogP contribution in [0.3, 0.4) is 0 Å². The third-order valence-electron chi connectivity index (χ3n) is 3.83. The van der Waals surface area contributed by atoms with Gasteiger partial charge in [-0.25, -0.2) is 4.98 Å². The Morgan fingerprint density at radius 3 is 2.04 bits per heavy atom. The van der Waals surface area contributed by atoms with Crippen molar-refractivity contribution in [2.45, 2.75) is 9.79 Å². The molecule has 0 saturated heterocycles. The van der Waals surface area contributed by atoms with Crippen LogP contribution in [0.4, 0.5) is 17.2 Å². The molecule has 1 aliphatic heterocycles. The highest BCUT2D eigenvalue weighted by Gasteiger charge is 2.28. The summed E-state index contributed by atoms with van der Waals surface area (Å²) in [5, 5.41) is 5.57. The van der Waals surface area contributed by atoms with Gasteiger partial charge in [-0.05, 0) is 36.4 Å². The number of anilines is 3. The number of aromatic nitrogens is 1. The largest absolute Gasteiger partial charge is 0.352 e. The Labute approximate surface area is 175 Å². The molecule has 0 aliphatic carbocycles. The van der Waals surface area contributed by atoms with Crippen molar-refractivity contribution in [1.29, 1.82) is 0 Å². The molecule has 0 spiro atoms. The number of rotatable bonds is 3. The summed E-state index contributed by atoms with van der Waals surface area (Å²) in [6, 6.07) is 12.9. The van der Waals surface area contributed by atoms with Crippen LogP contribution < -0.4 is 10.2 Å². The average Bonchev–Trinajstić information content (AvgIpc) is 2.59. The van der Waals surface area contributed by atoms with Crippen LogP contribution in [0.15, 0.2) is 58.5 Å². The number of hydrogen-bond acceptors (Lipinski definition) is 4. The highest BCUT2D eigenvalue weighted by Crippen LogP contribution is 2.54. The lowest BCUT2D eigenvalue weighted by Gasteiger charge is -2.34. The fraction of sp³-hybridized carbons (Fsp3) is 0.0556. The van der Waals surface area contributed by atoms with Crippen LogP contribution in [0.25, 0.3) is 0 Å². The second-order valence-corrected chi connectivity index (χ2v) is 8.32. The first kappa shape index (κ1) is 18.1. The first-order valence-corrected chi connectivity index (χ1v) is 9.94. The van der Waals surface area contributed by atoms with E-state index in [0.717, 1.165) is 27.0 Å². The van der Waals surface area contributed by atoms with Crippen molar-refractivity contribution in [3.63, 3.8) is 0 Å². The third kappa shape index (κ3) is 3.45. The van der Waals surface area contributed by atoms with Gasteiger partial charge in [0.15, 0.2) is 0 Å². The van der Waals surface area contributed by atoms with Crippen molar-refractivity contribution in [1.82, 2.24) is 4.98 Å². The highest BCUT2D eigenvalue weighted by molar-refractivity contribution is 7.99. The molecule has 3 nitrogen and oxygen atoms in total. The number of nitrogens with zero attached hydrogens (tertiary/aromatic N) is 2. The molecule has 0 radical (unpaired) electrons. The van der Waals surface area contributed by atoms with E-state index in [9.17, 15) is 0 Å². The summed E-state index contributed by atoms with van der Waals surface area (Å²) in [4.78, 5) is 8.20. The number of halogens is 4. The maximum absolute atomic E-state index is 6.52. The van der Waals surface area contributed by atoms with E-state index in [0.29, 0.717) is 26.8 Å². The molecule has 0 amide bonds. The highest BCUT2D eigenvalue weighted by atomic mass is 35.5. The summed E-state index contributed by atoms with van der Waals surface area (Å²) in [5.41, 5.74) is 1.70. The van der Waals surface area contributed by atoms with Gasteiger partial charge in [0.1, 0.15) is 5.82 Å². The van der Waals surface area contributed by atoms with Crippen LogP contribution in [0.5, 0.6) is 0 Å². The predicted octanol–water partition coefficient (Wildman–Crippen LogP) is 7.37. The molecule has 2 aromatic carbocycles. The van der Waals surface area contributed by atoms with E-state index in [1.54, 1.807) is 30.1 Å². The summed E-state index contributed by atoms with van der Waals surface area (Å²) in [6.45, 7) is 0.431. The van der Waals surface area contributed by atoms with Crippen molar-refractivity contribution in [3.05, 3.63) is 68.8 Å².